The third-order valence-corrected chi connectivity index (χ3v) is 4.12. The van der Waals surface area contributed by atoms with E-state index in [4.69, 9.17) is 4.74 Å². The van der Waals surface area contributed by atoms with E-state index in [-0.39, 0.29) is 17.1 Å². The lowest BCUT2D eigenvalue weighted by Crippen LogP contribution is -2.05. The van der Waals surface area contributed by atoms with Crippen LogP contribution in [0.2, 0.25) is 0 Å². The fourth-order valence-electron chi connectivity index (χ4n) is 2.97. The molecule has 1 aliphatic carbocycles. The lowest BCUT2D eigenvalue weighted by molar-refractivity contribution is -0.384. The molecule has 0 aromatic heterocycles. The zero-order valence-electron chi connectivity index (χ0n) is 13.2. The Morgan fingerprint density at radius 3 is 2.58 bits per heavy atom. The predicted molar refractivity (Wildman–Crippen MR) is 88.6 cm³/mol. The molecule has 24 heavy (non-hydrogen) atoms. The second-order valence-corrected chi connectivity index (χ2v) is 5.56. The van der Waals surface area contributed by atoms with Gasteiger partial charge in [0.05, 0.1) is 12.0 Å². The first-order valence-electron chi connectivity index (χ1n) is 7.68. The Kier molecular flexibility index (Phi) is 4.41. The number of para-hydroxylation sites is 1. The third kappa shape index (κ3) is 2.92. The first-order chi connectivity index (χ1) is 11.6. The van der Waals surface area contributed by atoms with Gasteiger partial charge in [0.25, 0.3) is 5.69 Å². The number of phenols is 1. The number of benzene rings is 2. The molecule has 0 unspecified atom stereocenters. The minimum atomic E-state index is -0.502. The molecular weight excluding hydrogens is 310 g/mol. The van der Waals surface area contributed by atoms with Crippen molar-refractivity contribution in [2.75, 3.05) is 7.11 Å². The first-order valence-corrected chi connectivity index (χ1v) is 7.68. The quantitative estimate of drug-likeness (QED) is 0.504. The van der Waals surface area contributed by atoms with Gasteiger partial charge in [0.1, 0.15) is 17.2 Å². The standard InChI is InChI=1S/C17H17N3O4/c1-24-16-10-15(21)17(12-7-3-2-6-11(12)16)19-18-13-8-4-5-9-14(13)20(22)23/h4-5,8-10,21H,2-3,6-7H2,1H3. The highest BCUT2D eigenvalue weighted by Gasteiger charge is 2.21. The van der Waals surface area contributed by atoms with E-state index >= 15 is 0 Å². The van der Waals surface area contributed by atoms with Crippen LogP contribution in [0.15, 0.2) is 40.6 Å². The highest BCUT2D eigenvalue weighted by molar-refractivity contribution is 5.65. The Morgan fingerprint density at radius 2 is 1.88 bits per heavy atom. The predicted octanol–water partition coefficient (Wildman–Crippen LogP) is 4.60. The summed E-state index contributed by atoms with van der Waals surface area (Å²) in [4.78, 5) is 10.6. The molecule has 0 atom stereocenters. The van der Waals surface area contributed by atoms with E-state index < -0.39 is 4.92 Å². The van der Waals surface area contributed by atoms with Crippen LogP contribution in [0.25, 0.3) is 0 Å². The van der Waals surface area contributed by atoms with Gasteiger partial charge >= 0.3 is 0 Å². The monoisotopic (exact) mass is 327 g/mol. The summed E-state index contributed by atoms with van der Waals surface area (Å²) in [6.45, 7) is 0. The fourth-order valence-corrected chi connectivity index (χ4v) is 2.97. The van der Waals surface area contributed by atoms with Crippen LogP contribution in [0, 0.1) is 10.1 Å². The Hall–Kier alpha value is -2.96. The van der Waals surface area contributed by atoms with Gasteiger partial charge in [-0.1, -0.05) is 12.1 Å². The maximum absolute atomic E-state index is 11.1. The average Bonchev–Trinajstić information content (AvgIpc) is 2.60. The SMILES string of the molecule is COc1cc(O)c(N=Nc2ccccc2[N+](=O)[O-])c2c1CCCC2. The molecule has 0 amide bonds. The number of aromatic hydroxyl groups is 1. The van der Waals surface area contributed by atoms with Crippen molar-refractivity contribution in [1.29, 1.82) is 0 Å². The summed E-state index contributed by atoms with van der Waals surface area (Å²) in [6, 6.07) is 7.65. The molecule has 1 aliphatic rings. The first kappa shape index (κ1) is 15.9. The number of hydrogen-bond acceptors (Lipinski definition) is 6. The summed E-state index contributed by atoms with van der Waals surface area (Å²) in [5.41, 5.74) is 2.33. The zero-order chi connectivity index (χ0) is 17.1. The van der Waals surface area contributed by atoms with Gasteiger partial charge in [-0.3, -0.25) is 10.1 Å². The molecule has 0 saturated heterocycles. The van der Waals surface area contributed by atoms with Crippen LogP contribution in [0.3, 0.4) is 0 Å². The van der Waals surface area contributed by atoms with E-state index in [2.05, 4.69) is 10.2 Å². The lowest BCUT2D eigenvalue weighted by atomic mass is 9.89. The second kappa shape index (κ2) is 6.66. The van der Waals surface area contributed by atoms with Crippen LogP contribution < -0.4 is 4.74 Å². The summed E-state index contributed by atoms with van der Waals surface area (Å²) in [7, 11) is 1.57. The number of nitro groups is 1. The molecule has 7 nitrogen and oxygen atoms in total. The summed E-state index contributed by atoms with van der Waals surface area (Å²) < 4.78 is 5.34. The number of phenolic OH excluding ortho intramolecular Hbond substituents is 1. The van der Waals surface area contributed by atoms with E-state index in [9.17, 15) is 15.2 Å². The molecule has 3 rings (SSSR count). The lowest BCUT2D eigenvalue weighted by Gasteiger charge is -2.20. The van der Waals surface area contributed by atoms with Crippen molar-refractivity contribution in [3.05, 3.63) is 51.6 Å². The molecule has 2 aromatic rings. The van der Waals surface area contributed by atoms with E-state index in [1.165, 1.54) is 18.2 Å². The van der Waals surface area contributed by atoms with Gasteiger partial charge in [0.2, 0.25) is 0 Å². The van der Waals surface area contributed by atoms with Crippen molar-refractivity contribution in [2.45, 2.75) is 25.7 Å². The largest absolute Gasteiger partial charge is 0.505 e. The van der Waals surface area contributed by atoms with Crippen molar-refractivity contribution >= 4 is 17.1 Å². The van der Waals surface area contributed by atoms with Crippen molar-refractivity contribution in [2.24, 2.45) is 10.2 Å². The Bertz CT molecular complexity index is 818. The Balaban J connectivity index is 2.06. The molecule has 0 spiro atoms. The number of nitrogens with zero attached hydrogens (tertiary/aromatic N) is 3. The van der Waals surface area contributed by atoms with Gasteiger partial charge in [-0.25, -0.2) is 0 Å². The summed E-state index contributed by atoms with van der Waals surface area (Å²) in [6.07, 6.45) is 3.67. The van der Waals surface area contributed by atoms with E-state index in [0.717, 1.165) is 36.8 Å². The molecule has 124 valence electrons. The van der Waals surface area contributed by atoms with Gasteiger partial charge in [-0.15, -0.1) is 10.2 Å². The summed E-state index contributed by atoms with van der Waals surface area (Å²) in [5, 5.41) is 29.4. The molecular formula is C17H17N3O4. The molecule has 0 aliphatic heterocycles. The molecule has 2 aromatic carbocycles. The minimum absolute atomic E-state index is 0.0326. The van der Waals surface area contributed by atoms with Gasteiger partial charge in [-0.05, 0) is 42.9 Å². The van der Waals surface area contributed by atoms with E-state index in [1.807, 2.05) is 0 Å². The van der Waals surface area contributed by atoms with Crippen LogP contribution in [-0.4, -0.2) is 17.1 Å². The highest BCUT2D eigenvalue weighted by atomic mass is 16.6. The second-order valence-electron chi connectivity index (χ2n) is 5.56. The normalized spacial score (nSPS) is 13.7. The van der Waals surface area contributed by atoms with Crippen LogP contribution in [0.4, 0.5) is 17.1 Å². The van der Waals surface area contributed by atoms with Crippen LogP contribution in [0.5, 0.6) is 11.5 Å². The topological polar surface area (TPSA) is 97.3 Å². The Labute approximate surface area is 138 Å². The molecule has 0 heterocycles. The highest BCUT2D eigenvalue weighted by Crippen LogP contribution is 2.43. The number of nitro benzene ring substituents is 1. The van der Waals surface area contributed by atoms with Crippen molar-refractivity contribution in [3.8, 4) is 11.5 Å². The molecule has 0 fully saturated rings. The summed E-state index contributed by atoms with van der Waals surface area (Å²) >= 11 is 0. The van der Waals surface area contributed by atoms with E-state index in [0.29, 0.717) is 11.4 Å². The average molecular weight is 327 g/mol. The zero-order valence-corrected chi connectivity index (χ0v) is 13.2. The van der Waals surface area contributed by atoms with Crippen molar-refractivity contribution < 1.29 is 14.8 Å². The van der Waals surface area contributed by atoms with Gasteiger partial charge in [0, 0.05) is 12.1 Å². The van der Waals surface area contributed by atoms with Crippen LogP contribution in [0.1, 0.15) is 24.0 Å². The van der Waals surface area contributed by atoms with Gasteiger partial charge in [0.15, 0.2) is 5.69 Å². The molecule has 7 heteroatoms. The maximum atomic E-state index is 11.1. The fraction of sp³-hybridized carbons (Fsp3) is 0.294. The number of hydrogen-bond donors (Lipinski definition) is 1. The number of rotatable bonds is 4. The smallest absolute Gasteiger partial charge is 0.296 e. The van der Waals surface area contributed by atoms with Gasteiger partial charge < -0.3 is 9.84 Å². The number of ether oxygens (including phenoxy) is 1. The van der Waals surface area contributed by atoms with Crippen LogP contribution in [-0.2, 0) is 12.8 Å². The van der Waals surface area contributed by atoms with Crippen molar-refractivity contribution in [3.63, 3.8) is 0 Å². The molecule has 1 N–H and O–H groups in total. The number of fused-ring (bicyclic) bond motifs is 1. The maximum Gasteiger partial charge on any atom is 0.296 e. The summed E-state index contributed by atoms with van der Waals surface area (Å²) in [5.74, 6) is 0.613. The minimum Gasteiger partial charge on any atom is -0.505 e. The molecule has 0 bridgehead atoms. The number of methoxy groups -OCH3 is 1. The van der Waals surface area contributed by atoms with Crippen molar-refractivity contribution in [1.82, 2.24) is 0 Å². The van der Waals surface area contributed by atoms with Gasteiger partial charge in [-0.2, -0.15) is 0 Å². The third-order valence-electron chi connectivity index (χ3n) is 4.12. The molecule has 0 radical (unpaired) electrons. The number of azo groups is 1. The Morgan fingerprint density at radius 1 is 1.17 bits per heavy atom. The van der Waals surface area contributed by atoms with Crippen LogP contribution >= 0.6 is 0 Å². The molecule has 0 saturated carbocycles. The van der Waals surface area contributed by atoms with E-state index in [1.54, 1.807) is 19.2 Å².